The third kappa shape index (κ3) is 4.24. The molecular formula is C23H18N4O2S2. The molecule has 6 nitrogen and oxygen atoms in total. The Morgan fingerprint density at radius 1 is 1.19 bits per heavy atom. The molecule has 0 atom stereocenters. The minimum absolute atomic E-state index is 0.0719. The number of nitrogens with zero attached hydrogens (tertiary/aromatic N) is 3. The third-order valence-electron chi connectivity index (χ3n) is 4.70. The SMILES string of the molecule is CCn1c(SCC(=O)Nc2ccccc2C#N)nc2c(-c3ccccc3)csc2c1=O. The number of hydrogen-bond acceptors (Lipinski definition) is 6. The van der Waals surface area contributed by atoms with E-state index in [1.165, 1.54) is 23.1 Å². The van der Waals surface area contributed by atoms with Crippen LogP contribution in [0.3, 0.4) is 0 Å². The Morgan fingerprint density at radius 2 is 1.94 bits per heavy atom. The number of nitriles is 1. The predicted molar refractivity (Wildman–Crippen MR) is 126 cm³/mol. The van der Waals surface area contributed by atoms with Crippen molar-refractivity contribution in [3.8, 4) is 17.2 Å². The first-order valence-electron chi connectivity index (χ1n) is 9.61. The van der Waals surface area contributed by atoms with E-state index in [1.54, 1.807) is 28.8 Å². The van der Waals surface area contributed by atoms with Crippen molar-refractivity contribution in [2.75, 3.05) is 11.1 Å². The summed E-state index contributed by atoms with van der Waals surface area (Å²) in [5, 5.41) is 14.4. The lowest BCUT2D eigenvalue weighted by atomic mass is 10.1. The first-order chi connectivity index (χ1) is 15.1. The largest absolute Gasteiger partial charge is 0.324 e. The molecule has 0 saturated carbocycles. The second-order valence-electron chi connectivity index (χ2n) is 6.63. The van der Waals surface area contributed by atoms with Crippen LogP contribution in [-0.4, -0.2) is 21.2 Å². The monoisotopic (exact) mass is 446 g/mol. The molecule has 0 saturated heterocycles. The van der Waals surface area contributed by atoms with Crippen LogP contribution >= 0.6 is 23.1 Å². The number of rotatable bonds is 6. The van der Waals surface area contributed by atoms with Crippen LogP contribution in [0.5, 0.6) is 0 Å². The van der Waals surface area contributed by atoms with Crippen LogP contribution in [0.1, 0.15) is 12.5 Å². The van der Waals surface area contributed by atoms with Gasteiger partial charge in [0.25, 0.3) is 5.56 Å². The molecule has 8 heteroatoms. The summed E-state index contributed by atoms with van der Waals surface area (Å²) in [4.78, 5) is 30.3. The maximum Gasteiger partial charge on any atom is 0.272 e. The van der Waals surface area contributed by atoms with Gasteiger partial charge in [-0.2, -0.15) is 5.26 Å². The van der Waals surface area contributed by atoms with Crippen LogP contribution in [0.4, 0.5) is 5.69 Å². The smallest absolute Gasteiger partial charge is 0.272 e. The van der Waals surface area contributed by atoms with E-state index in [0.717, 1.165) is 11.1 Å². The van der Waals surface area contributed by atoms with Gasteiger partial charge in [-0.05, 0) is 24.6 Å². The molecule has 0 aliphatic carbocycles. The number of thiophene rings is 1. The van der Waals surface area contributed by atoms with Gasteiger partial charge in [-0.25, -0.2) is 4.98 Å². The van der Waals surface area contributed by atoms with Gasteiger partial charge in [0, 0.05) is 17.5 Å². The van der Waals surface area contributed by atoms with Crippen LogP contribution in [-0.2, 0) is 11.3 Å². The Labute approximate surface area is 187 Å². The van der Waals surface area contributed by atoms with Crippen molar-refractivity contribution < 1.29 is 4.79 Å². The summed E-state index contributed by atoms with van der Waals surface area (Å²) >= 11 is 2.60. The Hall–Kier alpha value is -3.41. The number of fused-ring (bicyclic) bond motifs is 1. The van der Waals surface area contributed by atoms with Crippen LogP contribution in [0.25, 0.3) is 21.3 Å². The van der Waals surface area contributed by atoms with Gasteiger partial charge in [-0.3, -0.25) is 14.2 Å². The molecule has 0 spiro atoms. The maximum atomic E-state index is 13.0. The second-order valence-corrected chi connectivity index (χ2v) is 8.45. The number of benzene rings is 2. The Morgan fingerprint density at radius 3 is 2.68 bits per heavy atom. The number of aromatic nitrogens is 2. The molecule has 4 aromatic rings. The molecule has 0 unspecified atom stereocenters. The zero-order valence-electron chi connectivity index (χ0n) is 16.7. The molecule has 2 aromatic carbocycles. The summed E-state index contributed by atoms with van der Waals surface area (Å²) in [5.74, 6) is -0.194. The van der Waals surface area contributed by atoms with Crippen molar-refractivity contribution in [3.63, 3.8) is 0 Å². The molecule has 1 amide bonds. The topological polar surface area (TPSA) is 87.8 Å². The number of hydrogen-bond donors (Lipinski definition) is 1. The van der Waals surface area contributed by atoms with E-state index in [4.69, 9.17) is 4.98 Å². The lowest BCUT2D eigenvalue weighted by Gasteiger charge is -2.11. The molecule has 0 bridgehead atoms. The maximum absolute atomic E-state index is 13.0. The first-order valence-corrected chi connectivity index (χ1v) is 11.5. The van der Waals surface area contributed by atoms with Crippen LogP contribution < -0.4 is 10.9 Å². The fourth-order valence-corrected chi connectivity index (χ4v) is 5.02. The van der Waals surface area contributed by atoms with Crippen molar-refractivity contribution in [2.45, 2.75) is 18.6 Å². The minimum atomic E-state index is -0.265. The number of para-hydroxylation sites is 1. The Bertz CT molecular complexity index is 1350. The minimum Gasteiger partial charge on any atom is -0.324 e. The van der Waals surface area contributed by atoms with Crippen LogP contribution in [0.15, 0.2) is 69.9 Å². The molecule has 0 aliphatic rings. The number of amides is 1. The van der Waals surface area contributed by atoms with Gasteiger partial charge < -0.3 is 5.32 Å². The molecule has 2 heterocycles. The zero-order valence-corrected chi connectivity index (χ0v) is 18.3. The summed E-state index contributed by atoms with van der Waals surface area (Å²) in [6, 6.07) is 18.7. The van der Waals surface area contributed by atoms with Gasteiger partial charge in [-0.15, -0.1) is 11.3 Å². The summed E-state index contributed by atoms with van der Waals surface area (Å²) in [7, 11) is 0. The highest BCUT2D eigenvalue weighted by Gasteiger charge is 2.17. The summed E-state index contributed by atoms with van der Waals surface area (Å²) < 4.78 is 2.20. The standard InChI is InChI=1S/C23H18N4O2S2/c1-2-27-22(29)21-20(17(13-30-21)15-8-4-3-5-9-15)26-23(27)31-14-19(28)25-18-11-7-6-10-16(18)12-24/h3-11,13H,2,14H2,1H3,(H,25,28). The van der Waals surface area contributed by atoms with Gasteiger partial charge in [0.2, 0.25) is 5.91 Å². The molecule has 0 fully saturated rings. The van der Waals surface area contributed by atoms with Gasteiger partial charge in [-0.1, -0.05) is 54.2 Å². The predicted octanol–water partition coefficient (Wildman–Crippen LogP) is 4.75. The van der Waals surface area contributed by atoms with E-state index in [9.17, 15) is 14.9 Å². The average Bonchev–Trinajstić information content (AvgIpc) is 3.23. The van der Waals surface area contributed by atoms with E-state index in [-0.39, 0.29) is 17.2 Å². The molecule has 31 heavy (non-hydrogen) atoms. The van der Waals surface area contributed by atoms with Crippen molar-refractivity contribution in [3.05, 3.63) is 75.9 Å². The fraction of sp³-hybridized carbons (Fsp3) is 0.130. The highest BCUT2D eigenvalue weighted by atomic mass is 32.2. The Balaban J connectivity index is 1.63. The molecule has 0 aliphatic heterocycles. The average molecular weight is 447 g/mol. The van der Waals surface area contributed by atoms with Gasteiger partial charge in [0.1, 0.15) is 10.8 Å². The number of anilines is 1. The quantitative estimate of drug-likeness (QED) is 0.341. The molecule has 154 valence electrons. The van der Waals surface area contributed by atoms with Gasteiger partial charge in [0.05, 0.1) is 22.5 Å². The van der Waals surface area contributed by atoms with Crippen LogP contribution in [0.2, 0.25) is 0 Å². The van der Waals surface area contributed by atoms with Gasteiger partial charge in [0.15, 0.2) is 5.16 Å². The van der Waals surface area contributed by atoms with Crippen molar-refractivity contribution in [2.24, 2.45) is 0 Å². The van der Waals surface area contributed by atoms with E-state index in [0.29, 0.717) is 33.2 Å². The second kappa shape index (κ2) is 9.16. The summed E-state index contributed by atoms with van der Waals surface area (Å²) in [6.45, 7) is 2.34. The van der Waals surface area contributed by atoms with E-state index < -0.39 is 0 Å². The molecule has 0 radical (unpaired) electrons. The van der Waals surface area contributed by atoms with Crippen molar-refractivity contribution in [1.82, 2.24) is 9.55 Å². The lowest BCUT2D eigenvalue weighted by molar-refractivity contribution is -0.113. The van der Waals surface area contributed by atoms with Crippen molar-refractivity contribution >= 4 is 44.9 Å². The molecular weight excluding hydrogens is 428 g/mol. The molecule has 1 N–H and O–H groups in total. The lowest BCUT2D eigenvalue weighted by Crippen LogP contribution is -2.23. The number of nitrogens with one attached hydrogen (secondary N) is 1. The summed E-state index contributed by atoms with van der Waals surface area (Å²) in [5.41, 5.74) is 3.33. The van der Waals surface area contributed by atoms with Gasteiger partial charge >= 0.3 is 0 Å². The molecule has 4 rings (SSSR count). The normalized spacial score (nSPS) is 10.7. The van der Waals surface area contributed by atoms with Crippen LogP contribution in [0, 0.1) is 11.3 Å². The van der Waals surface area contributed by atoms with E-state index in [1.807, 2.05) is 42.6 Å². The van der Waals surface area contributed by atoms with E-state index in [2.05, 4.69) is 11.4 Å². The summed E-state index contributed by atoms with van der Waals surface area (Å²) in [6.07, 6.45) is 0. The number of carbonyl (C=O) groups excluding carboxylic acids is 1. The molecule has 2 aromatic heterocycles. The number of thioether (sulfide) groups is 1. The first kappa shape index (κ1) is 20.8. The fourth-order valence-electron chi connectivity index (χ4n) is 3.20. The van der Waals surface area contributed by atoms with E-state index >= 15 is 0 Å². The highest BCUT2D eigenvalue weighted by molar-refractivity contribution is 7.99. The Kier molecular flexibility index (Phi) is 6.16. The third-order valence-corrected chi connectivity index (χ3v) is 6.63. The van der Waals surface area contributed by atoms with Crippen molar-refractivity contribution in [1.29, 1.82) is 5.26 Å². The number of carbonyl (C=O) groups is 1. The highest BCUT2D eigenvalue weighted by Crippen LogP contribution is 2.32. The zero-order chi connectivity index (χ0) is 21.8.